The normalized spacial score (nSPS) is 13.2. The number of ether oxygens (including phenoxy) is 2. The molecule has 2 rings (SSSR count). The molecule has 2 aromatic rings. The Hall–Kier alpha value is -2.14. The van der Waals surface area contributed by atoms with Crippen LogP contribution in [0.25, 0.3) is 0 Å². The number of nitrogens with one attached hydrogen (secondary N) is 2. The summed E-state index contributed by atoms with van der Waals surface area (Å²) in [5, 5.41) is 17.0. The molecule has 0 saturated carbocycles. The number of aliphatic imine (C=N–C) groups is 1. The standard InChI is InChI=1S/C22H29F2N3O3.HI/c1-4-25-21(27-15-22(3,28)17-9-7-6-8-10-17)26-14-16-11-12-18(30-20(23)24)19(13-16)29-5-2;/h6-13,20,28H,4-5,14-15H2,1-3H3,(H2,25,26,27);1H. The van der Waals surface area contributed by atoms with Crippen molar-refractivity contribution in [2.75, 3.05) is 19.7 Å². The molecule has 0 aliphatic rings. The molecule has 0 aliphatic carbocycles. The first-order chi connectivity index (χ1) is 14.4. The first-order valence-electron chi connectivity index (χ1n) is 9.86. The maximum atomic E-state index is 12.5. The molecule has 0 radical (unpaired) electrons. The second kappa shape index (κ2) is 13.3. The van der Waals surface area contributed by atoms with E-state index < -0.39 is 12.2 Å². The number of halogens is 3. The molecule has 0 fully saturated rings. The van der Waals surface area contributed by atoms with Crippen molar-refractivity contribution < 1.29 is 23.4 Å². The van der Waals surface area contributed by atoms with Gasteiger partial charge in [0, 0.05) is 6.54 Å². The van der Waals surface area contributed by atoms with E-state index in [1.54, 1.807) is 26.0 Å². The molecule has 0 saturated heterocycles. The van der Waals surface area contributed by atoms with E-state index in [4.69, 9.17) is 4.74 Å². The Labute approximate surface area is 199 Å². The highest BCUT2D eigenvalue weighted by Gasteiger charge is 2.23. The molecule has 2 aromatic carbocycles. The predicted octanol–water partition coefficient (Wildman–Crippen LogP) is 4.27. The van der Waals surface area contributed by atoms with E-state index in [1.807, 2.05) is 37.3 Å². The van der Waals surface area contributed by atoms with E-state index in [0.29, 0.717) is 19.1 Å². The third kappa shape index (κ3) is 8.86. The number of aliphatic hydroxyl groups is 1. The quantitative estimate of drug-likeness (QED) is 0.235. The average Bonchev–Trinajstić information content (AvgIpc) is 2.72. The summed E-state index contributed by atoms with van der Waals surface area (Å²) in [5.41, 5.74) is 0.491. The van der Waals surface area contributed by atoms with Gasteiger partial charge < -0.3 is 25.2 Å². The summed E-state index contributed by atoms with van der Waals surface area (Å²) in [7, 11) is 0. The molecule has 1 unspecified atom stereocenters. The molecule has 172 valence electrons. The molecule has 0 spiro atoms. The van der Waals surface area contributed by atoms with Gasteiger partial charge in [0.2, 0.25) is 0 Å². The van der Waals surface area contributed by atoms with E-state index >= 15 is 0 Å². The summed E-state index contributed by atoms with van der Waals surface area (Å²) >= 11 is 0. The lowest BCUT2D eigenvalue weighted by atomic mass is 9.96. The Balaban J connectivity index is 0.00000480. The van der Waals surface area contributed by atoms with Crippen molar-refractivity contribution in [3.63, 3.8) is 0 Å². The third-order valence-corrected chi connectivity index (χ3v) is 4.28. The minimum absolute atomic E-state index is 0. The van der Waals surface area contributed by atoms with Gasteiger partial charge in [-0.15, -0.1) is 24.0 Å². The highest BCUT2D eigenvalue weighted by molar-refractivity contribution is 14.0. The van der Waals surface area contributed by atoms with Gasteiger partial charge in [0.25, 0.3) is 0 Å². The molecule has 0 aromatic heterocycles. The van der Waals surface area contributed by atoms with Crippen LogP contribution < -0.4 is 20.1 Å². The van der Waals surface area contributed by atoms with Crippen molar-refractivity contribution in [3.8, 4) is 11.5 Å². The molecular formula is C22H30F2IN3O3. The maximum absolute atomic E-state index is 12.5. The van der Waals surface area contributed by atoms with Crippen molar-refractivity contribution in [1.82, 2.24) is 10.6 Å². The van der Waals surface area contributed by atoms with Crippen LogP contribution in [0.4, 0.5) is 8.78 Å². The summed E-state index contributed by atoms with van der Waals surface area (Å²) in [4.78, 5) is 4.51. The molecule has 31 heavy (non-hydrogen) atoms. The van der Waals surface area contributed by atoms with Gasteiger partial charge in [-0.25, -0.2) is 4.99 Å². The molecule has 6 nitrogen and oxygen atoms in total. The molecule has 3 N–H and O–H groups in total. The maximum Gasteiger partial charge on any atom is 0.387 e. The van der Waals surface area contributed by atoms with Gasteiger partial charge in [-0.05, 0) is 44.0 Å². The van der Waals surface area contributed by atoms with Gasteiger partial charge in [-0.3, -0.25) is 0 Å². The second-order valence-electron chi connectivity index (χ2n) is 6.78. The van der Waals surface area contributed by atoms with E-state index in [-0.39, 0.29) is 48.6 Å². The van der Waals surface area contributed by atoms with Gasteiger partial charge in [-0.1, -0.05) is 36.4 Å². The number of alkyl halides is 2. The van der Waals surface area contributed by atoms with Gasteiger partial charge in [0.15, 0.2) is 17.5 Å². The van der Waals surface area contributed by atoms with Crippen LogP contribution in [-0.2, 0) is 12.1 Å². The van der Waals surface area contributed by atoms with E-state index in [0.717, 1.165) is 11.1 Å². The lowest BCUT2D eigenvalue weighted by Crippen LogP contribution is -2.44. The topological polar surface area (TPSA) is 75.1 Å². The Kier molecular flexibility index (Phi) is 11.5. The van der Waals surface area contributed by atoms with Crippen molar-refractivity contribution in [1.29, 1.82) is 0 Å². The molecular weight excluding hydrogens is 519 g/mol. The van der Waals surface area contributed by atoms with Crippen LogP contribution in [0.5, 0.6) is 11.5 Å². The van der Waals surface area contributed by atoms with Gasteiger partial charge >= 0.3 is 6.61 Å². The Morgan fingerprint density at radius 3 is 2.42 bits per heavy atom. The zero-order valence-electron chi connectivity index (χ0n) is 17.9. The first-order valence-corrected chi connectivity index (χ1v) is 9.86. The minimum atomic E-state index is -2.92. The number of hydrogen-bond acceptors (Lipinski definition) is 4. The van der Waals surface area contributed by atoms with Crippen molar-refractivity contribution in [3.05, 3.63) is 59.7 Å². The SMILES string of the molecule is CCNC(=NCc1ccc(OC(F)F)c(OCC)c1)NCC(C)(O)c1ccccc1.I. The van der Waals surface area contributed by atoms with Crippen LogP contribution in [0.2, 0.25) is 0 Å². The first kappa shape index (κ1) is 26.9. The molecule has 9 heteroatoms. The second-order valence-corrected chi connectivity index (χ2v) is 6.78. The van der Waals surface area contributed by atoms with Crippen molar-refractivity contribution in [2.24, 2.45) is 4.99 Å². The van der Waals surface area contributed by atoms with Gasteiger partial charge in [0.1, 0.15) is 5.60 Å². The molecule has 1 atom stereocenters. The fourth-order valence-electron chi connectivity index (χ4n) is 2.78. The molecule has 0 aliphatic heterocycles. The van der Waals surface area contributed by atoms with E-state index in [9.17, 15) is 13.9 Å². The monoisotopic (exact) mass is 549 g/mol. The largest absolute Gasteiger partial charge is 0.490 e. The van der Waals surface area contributed by atoms with Crippen LogP contribution in [0.15, 0.2) is 53.5 Å². The van der Waals surface area contributed by atoms with Gasteiger partial charge in [0.05, 0.1) is 19.7 Å². The van der Waals surface area contributed by atoms with Crippen molar-refractivity contribution >= 4 is 29.9 Å². The molecule has 0 amide bonds. The van der Waals surface area contributed by atoms with Gasteiger partial charge in [-0.2, -0.15) is 8.78 Å². The summed E-state index contributed by atoms with van der Waals surface area (Å²) in [6, 6.07) is 14.1. The van der Waals surface area contributed by atoms with Crippen LogP contribution in [0, 0.1) is 0 Å². The van der Waals surface area contributed by atoms with Crippen LogP contribution in [0.1, 0.15) is 31.9 Å². The number of hydrogen-bond donors (Lipinski definition) is 3. The summed E-state index contributed by atoms with van der Waals surface area (Å²) in [6.45, 7) is 4.03. The molecule has 0 bridgehead atoms. The average molecular weight is 549 g/mol. The predicted molar refractivity (Wildman–Crippen MR) is 128 cm³/mol. The number of nitrogens with zero attached hydrogens (tertiary/aromatic N) is 1. The summed E-state index contributed by atoms with van der Waals surface area (Å²) in [5.74, 6) is 0.763. The zero-order valence-corrected chi connectivity index (χ0v) is 20.2. The third-order valence-electron chi connectivity index (χ3n) is 4.28. The molecule has 0 heterocycles. The zero-order chi connectivity index (χ0) is 22.0. The minimum Gasteiger partial charge on any atom is -0.490 e. The highest BCUT2D eigenvalue weighted by Crippen LogP contribution is 2.30. The van der Waals surface area contributed by atoms with Crippen LogP contribution in [-0.4, -0.2) is 37.4 Å². The fourth-order valence-corrected chi connectivity index (χ4v) is 2.78. The highest BCUT2D eigenvalue weighted by atomic mass is 127. The lowest BCUT2D eigenvalue weighted by Gasteiger charge is -2.25. The fraction of sp³-hybridized carbons (Fsp3) is 0.409. The van der Waals surface area contributed by atoms with E-state index in [1.165, 1.54) is 6.07 Å². The summed E-state index contributed by atoms with van der Waals surface area (Å²) in [6.07, 6.45) is 0. The van der Waals surface area contributed by atoms with Crippen LogP contribution in [0.3, 0.4) is 0 Å². The number of rotatable bonds is 10. The Morgan fingerprint density at radius 1 is 1.10 bits per heavy atom. The Bertz CT molecular complexity index is 821. The number of guanidine groups is 1. The number of benzene rings is 2. The van der Waals surface area contributed by atoms with E-state index in [2.05, 4.69) is 20.4 Å². The Morgan fingerprint density at radius 2 is 1.81 bits per heavy atom. The lowest BCUT2D eigenvalue weighted by molar-refractivity contribution is -0.0514. The summed E-state index contributed by atoms with van der Waals surface area (Å²) < 4.78 is 35.0. The van der Waals surface area contributed by atoms with Crippen LogP contribution >= 0.6 is 24.0 Å². The smallest absolute Gasteiger partial charge is 0.387 e. The van der Waals surface area contributed by atoms with Crippen molar-refractivity contribution in [2.45, 2.75) is 39.5 Å².